The second-order valence-electron chi connectivity index (χ2n) is 7.69. The van der Waals surface area contributed by atoms with Crippen LogP contribution in [0.15, 0.2) is 72.8 Å². The molecule has 1 unspecified atom stereocenters. The molecule has 168 valence electrons. The van der Waals surface area contributed by atoms with Gasteiger partial charge in [-0.05, 0) is 42.2 Å². The van der Waals surface area contributed by atoms with Crippen molar-refractivity contribution in [1.29, 1.82) is 0 Å². The number of benzene rings is 3. The van der Waals surface area contributed by atoms with Gasteiger partial charge in [-0.3, -0.25) is 4.79 Å². The Morgan fingerprint density at radius 1 is 0.812 bits per heavy atom. The topological polar surface area (TPSA) is 56.8 Å². The van der Waals surface area contributed by atoms with E-state index in [1.165, 1.54) is 11.1 Å². The van der Waals surface area contributed by atoms with Gasteiger partial charge in [-0.2, -0.15) is 0 Å². The Labute approximate surface area is 190 Å². The minimum absolute atomic E-state index is 0.00288. The van der Waals surface area contributed by atoms with E-state index in [9.17, 15) is 4.79 Å². The summed E-state index contributed by atoms with van der Waals surface area (Å²) >= 11 is 0. The van der Waals surface area contributed by atoms with Gasteiger partial charge in [0.25, 0.3) is 0 Å². The van der Waals surface area contributed by atoms with E-state index in [1.54, 1.807) is 21.3 Å². The number of amides is 1. The Balaban J connectivity index is 1.71. The van der Waals surface area contributed by atoms with Gasteiger partial charge in [0.05, 0.1) is 21.3 Å². The van der Waals surface area contributed by atoms with Crippen LogP contribution >= 0.6 is 0 Å². The van der Waals surface area contributed by atoms with Crippen molar-refractivity contribution >= 4 is 5.91 Å². The molecule has 1 atom stereocenters. The standard InChI is InChI=1S/C27H31NO4/c1-19(26(21-11-7-5-8-12-21)22-13-9-6-10-14-22)28-25(29)16-15-20-17-23(30-2)27(32-4)24(18-20)31-3/h5-14,17-19,26H,15-16H2,1-4H3,(H,28,29). The van der Waals surface area contributed by atoms with Crippen molar-refractivity contribution in [1.82, 2.24) is 5.32 Å². The Kier molecular flexibility index (Phi) is 8.14. The third-order valence-corrected chi connectivity index (χ3v) is 5.57. The predicted molar refractivity (Wildman–Crippen MR) is 127 cm³/mol. The summed E-state index contributed by atoms with van der Waals surface area (Å²) in [6, 6.07) is 24.3. The van der Waals surface area contributed by atoms with E-state index in [1.807, 2.05) is 48.5 Å². The Hall–Kier alpha value is -3.47. The first kappa shape index (κ1) is 23.2. The molecule has 0 aliphatic carbocycles. The highest BCUT2D eigenvalue weighted by Crippen LogP contribution is 2.38. The first-order valence-electron chi connectivity index (χ1n) is 10.8. The predicted octanol–water partition coefficient (Wildman–Crippen LogP) is 4.98. The van der Waals surface area contributed by atoms with Gasteiger partial charge in [-0.15, -0.1) is 0 Å². The van der Waals surface area contributed by atoms with Crippen LogP contribution in [-0.2, 0) is 11.2 Å². The molecule has 3 aromatic carbocycles. The molecule has 0 spiro atoms. The SMILES string of the molecule is COc1cc(CCC(=O)NC(C)C(c2ccccc2)c2ccccc2)cc(OC)c1OC. The largest absolute Gasteiger partial charge is 0.493 e. The molecule has 3 aromatic rings. The van der Waals surface area contributed by atoms with Gasteiger partial charge in [-0.1, -0.05) is 60.7 Å². The number of hydrogen-bond acceptors (Lipinski definition) is 4. The molecule has 0 saturated carbocycles. The summed E-state index contributed by atoms with van der Waals surface area (Å²) in [5, 5.41) is 3.20. The van der Waals surface area contributed by atoms with Crippen LogP contribution in [0.4, 0.5) is 0 Å². The van der Waals surface area contributed by atoms with Gasteiger partial charge in [0, 0.05) is 18.4 Å². The Bertz CT molecular complexity index is 940. The van der Waals surface area contributed by atoms with Gasteiger partial charge in [-0.25, -0.2) is 0 Å². The third kappa shape index (κ3) is 5.61. The highest BCUT2D eigenvalue weighted by atomic mass is 16.5. The van der Waals surface area contributed by atoms with Crippen LogP contribution in [0.2, 0.25) is 0 Å². The summed E-state index contributed by atoms with van der Waals surface area (Å²) in [4.78, 5) is 12.8. The molecule has 0 fully saturated rings. The second-order valence-corrected chi connectivity index (χ2v) is 7.69. The van der Waals surface area contributed by atoms with E-state index in [-0.39, 0.29) is 17.9 Å². The molecule has 32 heavy (non-hydrogen) atoms. The zero-order chi connectivity index (χ0) is 22.9. The minimum atomic E-state index is -0.0627. The number of methoxy groups -OCH3 is 3. The van der Waals surface area contributed by atoms with E-state index in [0.29, 0.717) is 30.1 Å². The maximum Gasteiger partial charge on any atom is 0.220 e. The average Bonchev–Trinajstić information content (AvgIpc) is 2.83. The number of carbonyl (C=O) groups excluding carboxylic acids is 1. The van der Waals surface area contributed by atoms with E-state index in [0.717, 1.165) is 5.56 Å². The van der Waals surface area contributed by atoms with Gasteiger partial charge in [0.1, 0.15) is 0 Å². The maximum atomic E-state index is 12.8. The molecule has 5 heteroatoms. The van der Waals surface area contributed by atoms with E-state index < -0.39 is 0 Å². The molecule has 5 nitrogen and oxygen atoms in total. The van der Waals surface area contributed by atoms with Crippen LogP contribution in [0.5, 0.6) is 17.2 Å². The maximum absolute atomic E-state index is 12.8. The Morgan fingerprint density at radius 3 is 1.75 bits per heavy atom. The molecular formula is C27H31NO4. The monoisotopic (exact) mass is 433 g/mol. The molecule has 1 N–H and O–H groups in total. The van der Waals surface area contributed by atoms with Crippen molar-refractivity contribution in [3.63, 3.8) is 0 Å². The Morgan fingerprint density at radius 2 is 1.31 bits per heavy atom. The molecule has 0 aromatic heterocycles. The van der Waals surface area contributed by atoms with Crippen molar-refractivity contribution in [3.05, 3.63) is 89.5 Å². The molecular weight excluding hydrogens is 402 g/mol. The summed E-state index contributed by atoms with van der Waals surface area (Å²) in [5.41, 5.74) is 3.30. The fourth-order valence-electron chi connectivity index (χ4n) is 4.04. The minimum Gasteiger partial charge on any atom is -0.493 e. The molecule has 3 rings (SSSR count). The smallest absolute Gasteiger partial charge is 0.220 e. The highest BCUT2D eigenvalue weighted by Gasteiger charge is 2.23. The lowest BCUT2D eigenvalue weighted by Gasteiger charge is -2.26. The lowest BCUT2D eigenvalue weighted by atomic mass is 9.85. The van der Waals surface area contributed by atoms with Crippen molar-refractivity contribution < 1.29 is 19.0 Å². The van der Waals surface area contributed by atoms with Crippen molar-refractivity contribution in [2.24, 2.45) is 0 Å². The first-order valence-corrected chi connectivity index (χ1v) is 10.8. The summed E-state index contributed by atoms with van der Waals surface area (Å²) in [6.45, 7) is 2.06. The number of hydrogen-bond donors (Lipinski definition) is 1. The van der Waals surface area contributed by atoms with E-state index in [2.05, 4.69) is 36.5 Å². The van der Waals surface area contributed by atoms with Gasteiger partial charge in [0.15, 0.2) is 11.5 Å². The molecule has 0 heterocycles. The molecule has 0 radical (unpaired) electrons. The van der Waals surface area contributed by atoms with Crippen molar-refractivity contribution in [2.75, 3.05) is 21.3 Å². The quantitative estimate of drug-likeness (QED) is 0.490. The number of carbonyl (C=O) groups is 1. The number of aryl methyl sites for hydroxylation is 1. The fourth-order valence-corrected chi connectivity index (χ4v) is 4.04. The molecule has 0 aliphatic heterocycles. The van der Waals surface area contributed by atoms with Crippen LogP contribution in [-0.4, -0.2) is 33.3 Å². The molecule has 1 amide bonds. The zero-order valence-corrected chi connectivity index (χ0v) is 19.1. The fraction of sp³-hybridized carbons (Fsp3) is 0.296. The zero-order valence-electron chi connectivity index (χ0n) is 19.1. The van der Waals surface area contributed by atoms with Crippen LogP contribution < -0.4 is 19.5 Å². The number of ether oxygens (including phenoxy) is 3. The molecule has 0 saturated heterocycles. The summed E-state index contributed by atoms with van der Waals surface area (Å²) in [5.74, 6) is 1.80. The van der Waals surface area contributed by atoms with E-state index in [4.69, 9.17) is 14.2 Å². The lowest BCUT2D eigenvalue weighted by Crippen LogP contribution is -2.37. The van der Waals surface area contributed by atoms with Gasteiger partial charge < -0.3 is 19.5 Å². The van der Waals surface area contributed by atoms with Gasteiger partial charge in [0.2, 0.25) is 11.7 Å². The van der Waals surface area contributed by atoms with Crippen LogP contribution in [0.25, 0.3) is 0 Å². The lowest BCUT2D eigenvalue weighted by molar-refractivity contribution is -0.121. The highest BCUT2D eigenvalue weighted by molar-refractivity contribution is 5.76. The summed E-state index contributed by atoms with van der Waals surface area (Å²) in [7, 11) is 4.75. The van der Waals surface area contributed by atoms with Crippen molar-refractivity contribution in [2.45, 2.75) is 31.7 Å². The average molecular weight is 434 g/mol. The van der Waals surface area contributed by atoms with Crippen LogP contribution in [0.3, 0.4) is 0 Å². The van der Waals surface area contributed by atoms with Gasteiger partial charge >= 0.3 is 0 Å². The second kappa shape index (κ2) is 11.2. The van der Waals surface area contributed by atoms with E-state index >= 15 is 0 Å². The molecule has 0 aliphatic rings. The summed E-state index contributed by atoms with van der Waals surface area (Å²) in [6.07, 6.45) is 0.926. The third-order valence-electron chi connectivity index (χ3n) is 5.57. The summed E-state index contributed by atoms with van der Waals surface area (Å²) < 4.78 is 16.2. The van der Waals surface area contributed by atoms with Crippen LogP contribution in [0, 0.1) is 0 Å². The molecule has 0 bridgehead atoms. The van der Waals surface area contributed by atoms with Crippen molar-refractivity contribution in [3.8, 4) is 17.2 Å². The first-order chi connectivity index (χ1) is 15.6. The number of rotatable bonds is 10. The van der Waals surface area contributed by atoms with Crippen LogP contribution in [0.1, 0.15) is 36.0 Å². The number of nitrogens with one attached hydrogen (secondary N) is 1. The normalized spacial score (nSPS) is 11.7.